The van der Waals surface area contributed by atoms with E-state index in [-0.39, 0.29) is 18.1 Å². The Balaban J connectivity index is 1.64. The Morgan fingerprint density at radius 1 is 1.09 bits per heavy atom. The van der Waals surface area contributed by atoms with Crippen molar-refractivity contribution in [3.8, 4) is 5.75 Å². The van der Waals surface area contributed by atoms with Crippen LogP contribution in [0.1, 0.15) is 28.4 Å². The summed E-state index contributed by atoms with van der Waals surface area (Å²) in [5.74, 6) is 0.427. The van der Waals surface area contributed by atoms with Crippen LogP contribution in [-0.2, 0) is 0 Å². The van der Waals surface area contributed by atoms with Crippen LogP contribution in [0.4, 0.5) is 0 Å². The van der Waals surface area contributed by atoms with E-state index < -0.39 is 0 Å². The van der Waals surface area contributed by atoms with Crippen LogP contribution in [0.25, 0.3) is 0 Å². The maximum atomic E-state index is 12.4. The third-order valence-corrected chi connectivity index (χ3v) is 3.76. The van der Waals surface area contributed by atoms with Gasteiger partial charge in [0.15, 0.2) is 0 Å². The molecule has 0 bridgehead atoms. The van der Waals surface area contributed by atoms with Crippen LogP contribution >= 0.6 is 0 Å². The highest BCUT2D eigenvalue weighted by Crippen LogP contribution is 2.22. The van der Waals surface area contributed by atoms with Crippen molar-refractivity contribution in [3.05, 3.63) is 65.7 Å². The summed E-state index contributed by atoms with van der Waals surface area (Å²) in [6.07, 6.45) is 0.660. The van der Waals surface area contributed by atoms with Gasteiger partial charge in [0.1, 0.15) is 5.75 Å². The predicted molar refractivity (Wildman–Crippen MR) is 84.3 cm³/mol. The number of hydrazine groups is 1. The average Bonchev–Trinajstić information content (AvgIpc) is 3.04. The number of carbonyl (C=O) groups excluding carboxylic acids is 1. The number of para-hydroxylation sites is 1. The molecule has 3 N–H and O–H groups in total. The summed E-state index contributed by atoms with van der Waals surface area (Å²) in [6, 6.07) is 17.5. The molecule has 5 heteroatoms. The topological polar surface area (TPSA) is 62.4 Å². The Kier molecular flexibility index (Phi) is 4.37. The second-order valence-corrected chi connectivity index (χ2v) is 5.21. The first-order valence-electron chi connectivity index (χ1n) is 7.28. The molecule has 2 unspecified atom stereocenters. The van der Waals surface area contributed by atoms with Gasteiger partial charge in [0.2, 0.25) is 0 Å². The summed E-state index contributed by atoms with van der Waals surface area (Å²) in [6.45, 7) is 0. The number of hydrogen-bond acceptors (Lipinski definition) is 4. The van der Waals surface area contributed by atoms with Gasteiger partial charge in [-0.3, -0.25) is 4.79 Å². The molecule has 1 heterocycles. The van der Waals surface area contributed by atoms with Crippen LogP contribution in [-0.4, -0.2) is 19.2 Å². The highest BCUT2D eigenvalue weighted by atomic mass is 16.5. The highest BCUT2D eigenvalue weighted by molar-refractivity contribution is 5.97. The Morgan fingerprint density at radius 3 is 2.59 bits per heavy atom. The van der Waals surface area contributed by atoms with Gasteiger partial charge in [-0.15, -0.1) is 0 Å². The Hall–Kier alpha value is -2.37. The van der Waals surface area contributed by atoms with Crippen LogP contribution < -0.4 is 20.9 Å². The van der Waals surface area contributed by atoms with Gasteiger partial charge in [0.05, 0.1) is 18.8 Å². The third kappa shape index (κ3) is 3.10. The largest absolute Gasteiger partial charge is 0.496 e. The lowest BCUT2D eigenvalue weighted by atomic mass is 10.0. The van der Waals surface area contributed by atoms with Crippen LogP contribution in [0.2, 0.25) is 0 Å². The van der Waals surface area contributed by atoms with Crippen molar-refractivity contribution in [2.75, 3.05) is 7.11 Å². The summed E-state index contributed by atoms with van der Waals surface area (Å²) in [5, 5.41) is 2.98. The van der Waals surface area contributed by atoms with Crippen LogP contribution in [0.3, 0.4) is 0 Å². The van der Waals surface area contributed by atoms with Crippen molar-refractivity contribution in [3.63, 3.8) is 0 Å². The molecular formula is C17H19N3O2. The molecule has 1 aliphatic rings. The molecule has 2 aromatic carbocycles. The van der Waals surface area contributed by atoms with Crippen molar-refractivity contribution < 1.29 is 9.53 Å². The zero-order chi connectivity index (χ0) is 15.4. The summed E-state index contributed by atoms with van der Waals surface area (Å²) in [5.41, 5.74) is 8.07. The molecule has 5 nitrogen and oxygen atoms in total. The minimum absolute atomic E-state index is 0.123. The van der Waals surface area contributed by atoms with E-state index in [1.165, 1.54) is 5.56 Å². The van der Waals surface area contributed by atoms with E-state index in [0.717, 1.165) is 6.42 Å². The second-order valence-electron chi connectivity index (χ2n) is 5.21. The maximum absolute atomic E-state index is 12.4. The molecule has 2 atom stereocenters. The summed E-state index contributed by atoms with van der Waals surface area (Å²) < 4.78 is 5.22. The Labute approximate surface area is 129 Å². The molecule has 0 aliphatic carbocycles. The van der Waals surface area contributed by atoms with Gasteiger partial charge >= 0.3 is 0 Å². The number of amides is 1. The molecule has 0 saturated carbocycles. The lowest BCUT2D eigenvalue weighted by molar-refractivity contribution is 0.0929. The van der Waals surface area contributed by atoms with E-state index in [9.17, 15) is 4.79 Å². The van der Waals surface area contributed by atoms with Crippen molar-refractivity contribution in [1.29, 1.82) is 0 Å². The Bertz CT molecular complexity index is 645. The first-order valence-corrected chi connectivity index (χ1v) is 7.28. The normalized spacial score (nSPS) is 20.6. The van der Waals surface area contributed by atoms with Crippen LogP contribution in [0.5, 0.6) is 5.75 Å². The number of methoxy groups -OCH3 is 1. The summed E-state index contributed by atoms with van der Waals surface area (Å²) in [7, 11) is 1.56. The second kappa shape index (κ2) is 6.60. The molecule has 22 heavy (non-hydrogen) atoms. The van der Waals surface area contributed by atoms with Crippen molar-refractivity contribution in [2.45, 2.75) is 18.6 Å². The van der Waals surface area contributed by atoms with Crippen molar-refractivity contribution in [1.82, 2.24) is 16.2 Å². The van der Waals surface area contributed by atoms with Crippen molar-refractivity contribution in [2.24, 2.45) is 0 Å². The molecule has 1 fully saturated rings. The van der Waals surface area contributed by atoms with Gasteiger partial charge in [-0.25, -0.2) is 10.9 Å². The number of benzene rings is 2. The first kappa shape index (κ1) is 14.6. The minimum atomic E-state index is -0.148. The fourth-order valence-electron chi connectivity index (χ4n) is 2.62. The quantitative estimate of drug-likeness (QED) is 0.807. The van der Waals surface area contributed by atoms with E-state index >= 15 is 0 Å². The minimum Gasteiger partial charge on any atom is -0.496 e. The van der Waals surface area contributed by atoms with Gasteiger partial charge in [-0.05, 0) is 17.7 Å². The first-order chi connectivity index (χ1) is 10.8. The SMILES string of the molecule is COc1ccccc1C(=O)NC1CC(c2ccccc2)NN1. The molecule has 114 valence electrons. The zero-order valence-electron chi connectivity index (χ0n) is 12.4. The van der Waals surface area contributed by atoms with E-state index in [2.05, 4.69) is 28.3 Å². The van der Waals surface area contributed by atoms with Gasteiger partial charge < -0.3 is 10.1 Å². The zero-order valence-corrected chi connectivity index (χ0v) is 12.4. The predicted octanol–water partition coefficient (Wildman–Crippen LogP) is 1.99. The smallest absolute Gasteiger partial charge is 0.256 e. The number of nitrogens with one attached hydrogen (secondary N) is 3. The van der Waals surface area contributed by atoms with Crippen molar-refractivity contribution >= 4 is 5.91 Å². The van der Waals surface area contributed by atoms with Gasteiger partial charge in [-0.2, -0.15) is 0 Å². The fraction of sp³-hybridized carbons (Fsp3) is 0.235. The number of carbonyl (C=O) groups is 1. The molecule has 0 aromatic heterocycles. The molecule has 1 amide bonds. The van der Waals surface area contributed by atoms with E-state index in [0.29, 0.717) is 11.3 Å². The third-order valence-electron chi connectivity index (χ3n) is 3.76. The molecular weight excluding hydrogens is 278 g/mol. The standard InChI is InChI=1S/C17H19N3O2/c1-22-15-10-6-5-9-13(15)17(21)18-16-11-14(19-20-16)12-7-3-2-4-8-12/h2-10,14,16,19-20H,11H2,1H3,(H,18,21). The maximum Gasteiger partial charge on any atom is 0.256 e. The average molecular weight is 297 g/mol. The lowest BCUT2D eigenvalue weighted by Gasteiger charge is -2.14. The number of ether oxygens (including phenoxy) is 1. The Morgan fingerprint density at radius 2 is 1.82 bits per heavy atom. The number of rotatable bonds is 4. The van der Waals surface area contributed by atoms with E-state index in [4.69, 9.17) is 4.74 Å². The van der Waals surface area contributed by atoms with Crippen LogP contribution in [0.15, 0.2) is 54.6 Å². The van der Waals surface area contributed by atoms with Gasteiger partial charge in [-0.1, -0.05) is 42.5 Å². The molecule has 1 aliphatic heterocycles. The van der Waals surface area contributed by atoms with E-state index in [1.54, 1.807) is 19.2 Å². The lowest BCUT2D eigenvalue weighted by Crippen LogP contribution is -2.44. The fourth-order valence-corrected chi connectivity index (χ4v) is 2.62. The summed E-state index contributed by atoms with van der Waals surface area (Å²) >= 11 is 0. The van der Waals surface area contributed by atoms with Gasteiger partial charge in [0.25, 0.3) is 5.91 Å². The molecule has 0 radical (unpaired) electrons. The molecule has 0 spiro atoms. The number of hydrogen-bond donors (Lipinski definition) is 3. The molecule has 1 saturated heterocycles. The van der Waals surface area contributed by atoms with E-state index in [1.807, 2.05) is 30.3 Å². The monoisotopic (exact) mass is 297 g/mol. The highest BCUT2D eigenvalue weighted by Gasteiger charge is 2.26. The van der Waals surface area contributed by atoms with Gasteiger partial charge in [0, 0.05) is 12.5 Å². The summed E-state index contributed by atoms with van der Waals surface area (Å²) in [4.78, 5) is 12.4. The molecule has 2 aromatic rings. The van der Waals surface area contributed by atoms with Crippen LogP contribution in [0, 0.1) is 0 Å². The molecule has 3 rings (SSSR count).